The molecule has 5 fully saturated rings. The quantitative estimate of drug-likeness (QED) is 0.693. The number of likely N-dealkylation sites (tertiary alicyclic amines) is 1. The number of rotatable bonds is 4. The summed E-state index contributed by atoms with van der Waals surface area (Å²) in [5, 5.41) is 7.62. The fourth-order valence-electron chi connectivity index (χ4n) is 8.08. The second-order valence-corrected chi connectivity index (χ2v) is 12.7. The van der Waals surface area contributed by atoms with Gasteiger partial charge in [0.25, 0.3) is 0 Å². The van der Waals surface area contributed by atoms with Crippen molar-refractivity contribution in [1.29, 1.82) is 0 Å². The van der Waals surface area contributed by atoms with E-state index in [9.17, 15) is 4.79 Å². The highest BCUT2D eigenvalue weighted by molar-refractivity contribution is 5.78. The van der Waals surface area contributed by atoms with Crippen molar-refractivity contribution >= 4 is 5.91 Å². The van der Waals surface area contributed by atoms with Crippen molar-refractivity contribution in [3.63, 3.8) is 0 Å². The molecule has 182 valence electrons. The molecular weight excluding hydrogens is 396 g/mol. The lowest BCUT2D eigenvalue weighted by atomic mass is 9.72. The zero-order valence-corrected chi connectivity index (χ0v) is 21.0. The average molecular weight is 445 g/mol. The maximum Gasteiger partial charge on any atom is 0.223 e. The minimum atomic E-state index is 0.261. The largest absolute Gasteiger partial charge is 0.336 e. The molecule has 3 aliphatic heterocycles. The number of nitrogens with zero attached hydrogens (tertiary/aromatic N) is 2. The molecule has 0 aromatic heterocycles. The number of carbonyl (C=O) groups is 1. The van der Waals surface area contributed by atoms with E-state index in [-0.39, 0.29) is 5.54 Å². The van der Waals surface area contributed by atoms with Crippen molar-refractivity contribution < 1.29 is 4.79 Å². The van der Waals surface area contributed by atoms with E-state index >= 15 is 0 Å². The number of piperazine rings is 1. The minimum absolute atomic E-state index is 0.261. The lowest BCUT2D eigenvalue weighted by Gasteiger charge is -2.52. The molecule has 1 amide bonds. The molecule has 5 aliphatic rings. The Hall–Kier alpha value is -0.650. The molecule has 2 saturated carbocycles. The first kappa shape index (κ1) is 23.1. The van der Waals surface area contributed by atoms with Gasteiger partial charge in [0.15, 0.2) is 0 Å². The SMILES string of the molecule is CC1CC(=O)N(C2CCCC2)C2CC(CC3CCC(N4CCNC(C)(C)C4)CC3)NCC12. The van der Waals surface area contributed by atoms with Crippen LogP contribution in [-0.2, 0) is 4.79 Å². The average Bonchev–Trinajstić information content (AvgIpc) is 3.28. The predicted molar refractivity (Wildman–Crippen MR) is 131 cm³/mol. The van der Waals surface area contributed by atoms with Gasteiger partial charge in [-0.05, 0) is 83.0 Å². The van der Waals surface area contributed by atoms with Crippen molar-refractivity contribution in [2.45, 2.75) is 121 Å². The van der Waals surface area contributed by atoms with Gasteiger partial charge in [0, 0.05) is 62.3 Å². The van der Waals surface area contributed by atoms with Crippen LogP contribution in [-0.4, -0.2) is 71.6 Å². The topological polar surface area (TPSA) is 47.6 Å². The zero-order valence-electron chi connectivity index (χ0n) is 21.0. The Morgan fingerprint density at radius 1 is 1.03 bits per heavy atom. The van der Waals surface area contributed by atoms with Crippen LogP contribution in [0.5, 0.6) is 0 Å². The molecule has 32 heavy (non-hydrogen) atoms. The smallest absolute Gasteiger partial charge is 0.223 e. The molecule has 0 radical (unpaired) electrons. The third kappa shape index (κ3) is 4.90. The standard InChI is InChI=1S/C27H48N4O/c1-19-14-26(32)31(23-6-4-5-7-23)25-16-21(28-17-24(19)25)15-20-8-10-22(11-9-20)30-13-12-29-27(2,3)18-30/h19-25,28-29H,4-18H2,1-3H3. The van der Waals surface area contributed by atoms with E-state index in [1.165, 1.54) is 77.3 Å². The molecule has 5 nitrogen and oxygen atoms in total. The lowest BCUT2D eigenvalue weighted by molar-refractivity contribution is -0.147. The molecule has 5 rings (SSSR count). The van der Waals surface area contributed by atoms with Gasteiger partial charge in [-0.25, -0.2) is 0 Å². The van der Waals surface area contributed by atoms with E-state index in [4.69, 9.17) is 0 Å². The molecule has 3 heterocycles. The van der Waals surface area contributed by atoms with Crippen LogP contribution in [0.1, 0.15) is 91.4 Å². The molecule has 0 bridgehead atoms. The van der Waals surface area contributed by atoms with Crippen LogP contribution in [0.4, 0.5) is 0 Å². The lowest BCUT2D eigenvalue weighted by Crippen LogP contribution is -2.62. The number of piperidine rings is 2. The first-order valence-corrected chi connectivity index (χ1v) is 13.9. The van der Waals surface area contributed by atoms with Gasteiger partial charge in [0.05, 0.1) is 0 Å². The van der Waals surface area contributed by atoms with Gasteiger partial charge in [-0.1, -0.05) is 19.8 Å². The summed E-state index contributed by atoms with van der Waals surface area (Å²) in [6.07, 6.45) is 14.0. The summed E-state index contributed by atoms with van der Waals surface area (Å²) in [4.78, 5) is 18.3. The van der Waals surface area contributed by atoms with Crippen molar-refractivity contribution in [2.24, 2.45) is 17.8 Å². The van der Waals surface area contributed by atoms with Crippen LogP contribution < -0.4 is 10.6 Å². The van der Waals surface area contributed by atoms with Crippen molar-refractivity contribution in [2.75, 3.05) is 26.2 Å². The van der Waals surface area contributed by atoms with Gasteiger partial charge in [-0.2, -0.15) is 0 Å². The number of amides is 1. The summed E-state index contributed by atoms with van der Waals surface area (Å²) in [7, 11) is 0. The molecule has 2 aliphatic carbocycles. The Morgan fingerprint density at radius 3 is 2.50 bits per heavy atom. The summed E-state index contributed by atoms with van der Waals surface area (Å²) >= 11 is 0. The van der Waals surface area contributed by atoms with Gasteiger partial charge in [0.2, 0.25) is 5.91 Å². The molecular formula is C27H48N4O. The highest BCUT2D eigenvalue weighted by atomic mass is 16.2. The number of nitrogens with one attached hydrogen (secondary N) is 2. The van der Waals surface area contributed by atoms with Gasteiger partial charge in [-0.3, -0.25) is 9.69 Å². The highest BCUT2D eigenvalue weighted by Gasteiger charge is 2.46. The second kappa shape index (κ2) is 9.54. The molecule has 4 unspecified atom stereocenters. The molecule has 2 N–H and O–H groups in total. The first-order chi connectivity index (χ1) is 15.4. The van der Waals surface area contributed by atoms with E-state index in [0.29, 0.717) is 35.9 Å². The molecule has 0 aromatic rings. The number of carbonyl (C=O) groups excluding carboxylic acids is 1. The van der Waals surface area contributed by atoms with Crippen LogP contribution in [0.25, 0.3) is 0 Å². The normalized spacial score (nSPS) is 41.6. The number of fused-ring (bicyclic) bond motifs is 1. The van der Waals surface area contributed by atoms with E-state index in [0.717, 1.165) is 31.5 Å². The molecule has 5 heteroatoms. The van der Waals surface area contributed by atoms with Crippen LogP contribution in [0, 0.1) is 17.8 Å². The van der Waals surface area contributed by atoms with Gasteiger partial charge < -0.3 is 15.5 Å². The number of hydrogen-bond donors (Lipinski definition) is 2. The summed E-state index contributed by atoms with van der Waals surface area (Å²) < 4.78 is 0. The van der Waals surface area contributed by atoms with E-state index < -0.39 is 0 Å². The van der Waals surface area contributed by atoms with Gasteiger partial charge in [-0.15, -0.1) is 0 Å². The summed E-state index contributed by atoms with van der Waals surface area (Å²) in [5.74, 6) is 2.53. The summed E-state index contributed by atoms with van der Waals surface area (Å²) in [5.41, 5.74) is 0.261. The maximum absolute atomic E-state index is 13.1. The molecule has 4 atom stereocenters. The Morgan fingerprint density at radius 2 is 1.78 bits per heavy atom. The Balaban J connectivity index is 1.15. The highest BCUT2D eigenvalue weighted by Crippen LogP contribution is 2.40. The van der Waals surface area contributed by atoms with Gasteiger partial charge >= 0.3 is 0 Å². The Labute approximate surface area is 196 Å². The van der Waals surface area contributed by atoms with Crippen LogP contribution in [0.3, 0.4) is 0 Å². The zero-order chi connectivity index (χ0) is 22.3. The maximum atomic E-state index is 13.1. The van der Waals surface area contributed by atoms with Gasteiger partial charge in [0.1, 0.15) is 0 Å². The van der Waals surface area contributed by atoms with E-state index in [2.05, 4.69) is 41.2 Å². The van der Waals surface area contributed by atoms with E-state index in [1.54, 1.807) is 0 Å². The van der Waals surface area contributed by atoms with Crippen molar-refractivity contribution in [3.05, 3.63) is 0 Å². The van der Waals surface area contributed by atoms with Crippen molar-refractivity contribution in [1.82, 2.24) is 20.4 Å². The minimum Gasteiger partial charge on any atom is -0.336 e. The molecule has 3 saturated heterocycles. The summed E-state index contributed by atoms with van der Waals surface area (Å²) in [6.45, 7) is 11.7. The van der Waals surface area contributed by atoms with Crippen LogP contribution in [0.2, 0.25) is 0 Å². The Kier molecular flexibility index (Phi) is 6.89. The third-order valence-corrected chi connectivity index (χ3v) is 9.80. The van der Waals surface area contributed by atoms with Crippen LogP contribution >= 0.6 is 0 Å². The van der Waals surface area contributed by atoms with Crippen LogP contribution in [0.15, 0.2) is 0 Å². The predicted octanol–water partition coefficient (Wildman–Crippen LogP) is 3.78. The fourth-order valence-corrected chi connectivity index (χ4v) is 8.08. The third-order valence-electron chi connectivity index (χ3n) is 9.80. The molecule has 0 spiro atoms. The monoisotopic (exact) mass is 444 g/mol. The Bertz CT molecular complexity index is 652. The first-order valence-electron chi connectivity index (χ1n) is 13.9. The van der Waals surface area contributed by atoms with Crippen molar-refractivity contribution in [3.8, 4) is 0 Å². The molecule has 0 aromatic carbocycles. The fraction of sp³-hybridized carbons (Fsp3) is 0.963. The summed E-state index contributed by atoms with van der Waals surface area (Å²) in [6, 6.07) is 2.45. The second-order valence-electron chi connectivity index (χ2n) is 12.7. The van der Waals surface area contributed by atoms with E-state index in [1.807, 2.05) is 0 Å². The number of hydrogen-bond acceptors (Lipinski definition) is 4.